The van der Waals surface area contributed by atoms with Crippen LogP contribution in [0.25, 0.3) is 0 Å². The summed E-state index contributed by atoms with van der Waals surface area (Å²) in [7, 11) is -0.425. The number of hydrogen-bond donors (Lipinski definition) is 1. The third-order valence-corrected chi connectivity index (χ3v) is 6.95. The molecule has 2 unspecified atom stereocenters. The Morgan fingerprint density at radius 2 is 1.73 bits per heavy atom. The molecule has 138 valence electrons. The Hall–Kier alpha value is -1.70. The Balaban J connectivity index is 1.55. The normalized spacial score (nSPS) is 19.4. The van der Waals surface area contributed by atoms with Crippen LogP contribution in [0.2, 0.25) is 0 Å². The average molecular weight is 437 g/mol. The molecule has 26 heavy (non-hydrogen) atoms. The van der Waals surface area contributed by atoms with Gasteiger partial charge in [0.2, 0.25) is 15.9 Å². The molecule has 3 rings (SSSR count). The van der Waals surface area contributed by atoms with Crippen LogP contribution in [0.1, 0.15) is 23.5 Å². The van der Waals surface area contributed by atoms with Crippen molar-refractivity contribution in [3.8, 4) is 0 Å². The maximum absolute atomic E-state index is 12.3. The summed E-state index contributed by atoms with van der Waals surface area (Å²) in [6, 6.07) is 14.7. The van der Waals surface area contributed by atoms with Crippen molar-refractivity contribution < 1.29 is 13.2 Å². The molecule has 0 saturated heterocycles. The van der Waals surface area contributed by atoms with Crippen molar-refractivity contribution in [3.05, 3.63) is 64.1 Å². The van der Waals surface area contributed by atoms with Crippen molar-refractivity contribution in [3.63, 3.8) is 0 Å². The van der Waals surface area contributed by atoms with Crippen molar-refractivity contribution in [2.24, 2.45) is 5.92 Å². The van der Waals surface area contributed by atoms with Gasteiger partial charge in [0.05, 0.1) is 4.90 Å². The van der Waals surface area contributed by atoms with Gasteiger partial charge in [-0.15, -0.1) is 0 Å². The lowest BCUT2D eigenvalue weighted by Crippen LogP contribution is -2.25. The first-order valence-corrected chi connectivity index (χ1v) is 10.6. The lowest BCUT2D eigenvalue weighted by Gasteiger charge is -2.12. The third-order valence-electron chi connectivity index (χ3n) is 4.59. The Kier molecular flexibility index (Phi) is 5.50. The van der Waals surface area contributed by atoms with Gasteiger partial charge in [0.15, 0.2) is 0 Å². The van der Waals surface area contributed by atoms with Crippen LogP contribution < -0.4 is 5.32 Å². The number of sulfonamides is 1. The van der Waals surface area contributed by atoms with E-state index in [4.69, 9.17) is 0 Å². The van der Waals surface area contributed by atoms with Gasteiger partial charge >= 0.3 is 0 Å². The van der Waals surface area contributed by atoms with Gasteiger partial charge in [-0.25, -0.2) is 12.7 Å². The fourth-order valence-corrected chi connectivity index (χ4v) is 4.04. The number of rotatable bonds is 6. The zero-order valence-electron chi connectivity index (χ0n) is 14.6. The molecule has 5 nitrogen and oxygen atoms in total. The first-order valence-electron chi connectivity index (χ1n) is 8.33. The largest absolute Gasteiger partial charge is 0.352 e. The van der Waals surface area contributed by atoms with Crippen molar-refractivity contribution in [1.82, 2.24) is 9.62 Å². The van der Waals surface area contributed by atoms with Crippen molar-refractivity contribution in [2.75, 3.05) is 14.1 Å². The second-order valence-electron chi connectivity index (χ2n) is 6.65. The molecule has 0 spiro atoms. The van der Waals surface area contributed by atoms with Gasteiger partial charge in [-0.2, -0.15) is 0 Å². The highest BCUT2D eigenvalue weighted by atomic mass is 79.9. The third kappa shape index (κ3) is 4.16. The minimum Gasteiger partial charge on any atom is -0.352 e. The molecule has 7 heteroatoms. The van der Waals surface area contributed by atoms with Gasteiger partial charge in [0.1, 0.15) is 0 Å². The summed E-state index contributed by atoms with van der Waals surface area (Å²) in [5, 5.41) is 2.94. The van der Waals surface area contributed by atoms with Gasteiger partial charge < -0.3 is 5.32 Å². The first-order chi connectivity index (χ1) is 12.3. The van der Waals surface area contributed by atoms with E-state index >= 15 is 0 Å². The van der Waals surface area contributed by atoms with E-state index in [9.17, 15) is 13.2 Å². The van der Waals surface area contributed by atoms with E-state index < -0.39 is 10.0 Å². The van der Waals surface area contributed by atoms with Crippen molar-refractivity contribution in [1.29, 1.82) is 0 Å². The molecule has 0 aliphatic heterocycles. The number of benzene rings is 2. The predicted molar refractivity (Wildman–Crippen MR) is 104 cm³/mol. The standard InChI is InChI=1S/C19H21BrN2O3S/c1-22(2)26(24,25)16-9-3-13(4-10-16)12-21-19(23)18-11-17(18)14-5-7-15(20)8-6-14/h3-10,17-18H,11-12H2,1-2H3,(H,21,23). The molecular weight excluding hydrogens is 416 g/mol. The summed E-state index contributed by atoms with van der Waals surface area (Å²) < 4.78 is 26.3. The summed E-state index contributed by atoms with van der Waals surface area (Å²) in [5.41, 5.74) is 2.06. The Morgan fingerprint density at radius 1 is 1.12 bits per heavy atom. The molecule has 0 bridgehead atoms. The molecule has 2 aromatic carbocycles. The molecule has 2 aromatic rings. The number of hydrogen-bond acceptors (Lipinski definition) is 3. The molecule has 1 saturated carbocycles. The molecule has 0 radical (unpaired) electrons. The molecular formula is C19H21BrN2O3S. The van der Waals surface area contributed by atoms with E-state index in [1.807, 2.05) is 24.3 Å². The molecule has 2 atom stereocenters. The van der Waals surface area contributed by atoms with Crippen LogP contribution in [0, 0.1) is 5.92 Å². The van der Waals surface area contributed by atoms with E-state index in [0.29, 0.717) is 6.54 Å². The van der Waals surface area contributed by atoms with E-state index in [1.165, 1.54) is 24.0 Å². The van der Waals surface area contributed by atoms with E-state index in [1.54, 1.807) is 24.3 Å². The number of nitrogens with one attached hydrogen (secondary N) is 1. The number of halogens is 1. The van der Waals surface area contributed by atoms with Gasteiger partial charge in [-0.3, -0.25) is 4.79 Å². The molecule has 1 aliphatic rings. The topological polar surface area (TPSA) is 66.5 Å². The molecule has 1 fully saturated rings. The zero-order chi connectivity index (χ0) is 18.9. The van der Waals surface area contributed by atoms with E-state index in [-0.39, 0.29) is 22.6 Å². The van der Waals surface area contributed by atoms with Crippen LogP contribution >= 0.6 is 15.9 Å². The zero-order valence-corrected chi connectivity index (χ0v) is 17.0. The first kappa shape index (κ1) is 19.1. The molecule has 1 N–H and O–H groups in total. The van der Waals surface area contributed by atoms with Crippen LogP contribution in [0.5, 0.6) is 0 Å². The summed E-state index contributed by atoms with van der Waals surface area (Å²) in [4.78, 5) is 12.6. The van der Waals surface area contributed by atoms with Crippen LogP contribution in [0.15, 0.2) is 57.9 Å². The van der Waals surface area contributed by atoms with E-state index in [2.05, 4.69) is 21.2 Å². The summed E-state index contributed by atoms with van der Waals surface area (Å²) in [6.45, 7) is 0.394. The van der Waals surface area contributed by atoms with Crippen LogP contribution in [0.4, 0.5) is 0 Å². The van der Waals surface area contributed by atoms with Gasteiger partial charge in [0.25, 0.3) is 0 Å². The fraction of sp³-hybridized carbons (Fsp3) is 0.316. The van der Waals surface area contributed by atoms with Crippen molar-refractivity contribution >= 4 is 31.9 Å². The van der Waals surface area contributed by atoms with Gasteiger partial charge in [-0.1, -0.05) is 40.2 Å². The van der Waals surface area contributed by atoms with Crippen molar-refractivity contribution in [2.45, 2.75) is 23.8 Å². The summed E-state index contributed by atoms with van der Waals surface area (Å²) in [5.74, 6) is 0.350. The fourth-order valence-electron chi connectivity index (χ4n) is 2.87. The summed E-state index contributed by atoms with van der Waals surface area (Å²) >= 11 is 3.42. The van der Waals surface area contributed by atoms with Crippen LogP contribution in [0.3, 0.4) is 0 Å². The predicted octanol–water partition coefficient (Wildman–Crippen LogP) is 3.12. The highest BCUT2D eigenvalue weighted by Gasteiger charge is 2.43. The SMILES string of the molecule is CN(C)S(=O)(=O)c1ccc(CNC(=O)C2CC2c2ccc(Br)cc2)cc1. The Labute approximate surface area is 162 Å². The second-order valence-corrected chi connectivity index (χ2v) is 9.72. The second kappa shape index (κ2) is 7.50. The number of carbonyl (C=O) groups is 1. The minimum atomic E-state index is -3.43. The molecule has 0 aromatic heterocycles. The minimum absolute atomic E-state index is 0.0181. The highest BCUT2D eigenvalue weighted by molar-refractivity contribution is 9.10. The number of amides is 1. The number of nitrogens with zero attached hydrogens (tertiary/aromatic N) is 1. The highest BCUT2D eigenvalue weighted by Crippen LogP contribution is 2.47. The summed E-state index contributed by atoms with van der Waals surface area (Å²) in [6.07, 6.45) is 0.869. The Bertz CT molecular complexity index is 893. The smallest absolute Gasteiger partial charge is 0.242 e. The maximum atomic E-state index is 12.3. The quantitative estimate of drug-likeness (QED) is 0.756. The van der Waals surface area contributed by atoms with Gasteiger partial charge in [0, 0.05) is 31.0 Å². The monoisotopic (exact) mass is 436 g/mol. The average Bonchev–Trinajstić information content (AvgIpc) is 3.41. The lowest BCUT2D eigenvalue weighted by atomic mass is 10.1. The van der Waals surface area contributed by atoms with Gasteiger partial charge in [-0.05, 0) is 47.7 Å². The molecule has 1 aliphatic carbocycles. The Morgan fingerprint density at radius 3 is 2.31 bits per heavy atom. The van der Waals surface area contributed by atoms with Crippen LogP contribution in [-0.4, -0.2) is 32.7 Å². The number of carbonyl (C=O) groups excluding carboxylic acids is 1. The van der Waals surface area contributed by atoms with E-state index in [0.717, 1.165) is 16.5 Å². The maximum Gasteiger partial charge on any atom is 0.242 e. The van der Waals surface area contributed by atoms with Crippen LogP contribution in [-0.2, 0) is 21.4 Å². The molecule has 1 amide bonds. The molecule has 0 heterocycles. The lowest BCUT2D eigenvalue weighted by molar-refractivity contribution is -0.122.